The second-order valence-corrected chi connectivity index (χ2v) is 15.0. The minimum absolute atomic E-state index is 0.203. The fraction of sp³-hybridized carbons (Fsp3) is 0.282. The molecule has 49 heavy (non-hydrogen) atoms. The molecule has 2 atom stereocenters. The summed E-state index contributed by atoms with van der Waals surface area (Å²) in [5, 5.41) is 1.40. The number of nitrogens with zero attached hydrogens (tertiary/aromatic N) is 3. The molecule has 6 rings (SSSR count). The van der Waals surface area contributed by atoms with Gasteiger partial charge in [0.15, 0.2) is 0 Å². The Balaban J connectivity index is 1.56. The molecular weight excluding hydrogens is 640 g/mol. The molecule has 0 spiro atoms. The zero-order valence-electron chi connectivity index (χ0n) is 29.0. The summed E-state index contributed by atoms with van der Waals surface area (Å²) < 4.78 is 59.5. The monoisotopic (exact) mass is 682 g/mol. The molecule has 0 saturated heterocycles. The van der Waals surface area contributed by atoms with Crippen LogP contribution >= 0.6 is 0 Å². The molecule has 8 nitrogen and oxygen atoms in total. The summed E-state index contributed by atoms with van der Waals surface area (Å²) in [6, 6.07) is 22.7. The Bertz CT molecular complexity index is 2260. The van der Waals surface area contributed by atoms with Crippen LogP contribution in [-0.4, -0.2) is 63.4 Å². The summed E-state index contributed by atoms with van der Waals surface area (Å²) in [4.78, 5) is 2.55. The Kier molecular flexibility index (Phi) is 9.08. The van der Waals surface area contributed by atoms with Crippen molar-refractivity contribution in [3.63, 3.8) is 0 Å². The van der Waals surface area contributed by atoms with Gasteiger partial charge in [-0.2, -0.15) is 0 Å². The van der Waals surface area contributed by atoms with Crippen molar-refractivity contribution in [2.75, 3.05) is 34.9 Å². The number of fused-ring (bicyclic) bond motifs is 2. The zero-order chi connectivity index (χ0) is 35.2. The van der Waals surface area contributed by atoms with Crippen molar-refractivity contribution in [2.45, 2.75) is 34.6 Å². The van der Waals surface area contributed by atoms with Gasteiger partial charge in [-0.25, -0.2) is 12.8 Å². The highest BCUT2D eigenvalue weighted by atomic mass is 32.2. The Labute approximate surface area is 287 Å². The van der Waals surface area contributed by atoms with Crippen LogP contribution in [0.4, 0.5) is 4.39 Å². The van der Waals surface area contributed by atoms with Gasteiger partial charge in [0.05, 0.1) is 35.0 Å². The maximum absolute atomic E-state index is 16.1. The van der Waals surface area contributed by atoms with E-state index in [2.05, 4.69) is 11.8 Å². The number of hydrogen-bond acceptors (Lipinski definition) is 6. The SMILES string of the molecule is COc1ccc(S(=O)(=O)c2ccccc2)c2c1c(CC(N(C)C)C(C)(CN)c1cn(C)c3c(F)cc(-c4ccccc4)c(OC)c13)cn2C. The lowest BCUT2D eigenvalue weighted by Crippen LogP contribution is -2.51. The first kappa shape index (κ1) is 34.2. The number of sulfone groups is 1. The lowest BCUT2D eigenvalue weighted by atomic mass is 9.72. The number of methoxy groups -OCH3 is 2. The standard InChI is InChI=1S/C39H43FN4O4S/c1-39(24-41,29-23-44(5)36-30(40)21-28(38(48-7)35(29)36)25-14-10-8-11-15-25)33(42(2)3)20-26-22-43(4)37-32(19-18-31(47-6)34(26)37)49(45,46)27-16-12-9-13-17-27/h8-19,21-23,33H,20,24,41H2,1-7H3. The van der Waals surface area contributed by atoms with Crippen LogP contribution in [0, 0.1) is 5.82 Å². The summed E-state index contributed by atoms with van der Waals surface area (Å²) in [5.41, 5.74) is 10.3. The van der Waals surface area contributed by atoms with Crippen molar-refractivity contribution in [1.29, 1.82) is 0 Å². The molecule has 0 aliphatic carbocycles. The van der Waals surface area contributed by atoms with E-state index in [1.807, 2.05) is 75.5 Å². The predicted octanol–water partition coefficient (Wildman–Crippen LogP) is 6.72. The van der Waals surface area contributed by atoms with E-state index in [-0.39, 0.29) is 28.2 Å². The molecule has 2 N–H and O–H groups in total. The second-order valence-electron chi connectivity index (χ2n) is 13.1. The predicted molar refractivity (Wildman–Crippen MR) is 194 cm³/mol. The van der Waals surface area contributed by atoms with E-state index in [4.69, 9.17) is 15.2 Å². The summed E-state index contributed by atoms with van der Waals surface area (Å²) in [6.07, 6.45) is 4.42. The molecule has 10 heteroatoms. The fourth-order valence-electron chi connectivity index (χ4n) is 7.47. The third kappa shape index (κ3) is 5.57. The number of aromatic nitrogens is 2. The topological polar surface area (TPSA) is 91.7 Å². The molecular formula is C39H43FN4O4S. The van der Waals surface area contributed by atoms with Crippen molar-refractivity contribution in [3.05, 3.63) is 108 Å². The minimum atomic E-state index is -3.84. The first-order valence-corrected chi connectivity index (χ1v) is 17.6. The maximum atomic E-state index is 16.1. The van der Waals surface area contributed by atoms with Crippen LogP contribution in [0.2, 0.25) is 0 Å². The van der Waals surface area contributed by atoms with E-state index in [1.165, 1.54) is 6.07 Å². The summed E-state index contributed by atoms with van der Waals surface area (Å²) in [7, 11) is 7.06. The number of rotatable bonds is 11. The molecule has 0 fully saturated rings. The summed E-state index contributed by atoms with van der Waals surface area (Å²) in [5.74, 6) is 0.805. The number of aryl methyl sites for hydroxylation is 2. The normalized spacial score (nSPS) is 14.0. The smallest absolute Gasteiger partial charge is 0.208 e. The molecule has 2 heterocycles. The molecule has 0 radical (unpaired) electrons. The molecule has 0 saturated carbocycles. The highest BCUT2D eigenvalue weighted by Crippen LogP contribution is 2.46. The summed E-state index contributed by atoms with van der Waals surface area (Å²) >= 11 is 0. The summed E-state index contributed by atoms with van der Waals surface area (Å²) in [6.45, 7) is 2.34. The second kappa shape index (κ2) is 13.0. The van der Waals surface area contributed by atoms with Gasteiger partial charge in [-0.05, 0) is 67.5 Å². The van der Waals surface area contributed by atoms with E-state index in [1.54, 1.807) is 61.3 Å². The first-order valence-electron chi connectivity index (χ1n) is 16.1. The van der Waals surface area contributed by atoms with Gasteiger partial charge in [-0.3, -0.25) is 0 Å². The lowest BCUT2D eigenvalue weighted by molar-refractivity contribution is 0.189. The molecule has 2 aromatic heterocycles. The van der Waals surface area contributed by atoms with Crippen LogP contribution in [0.1, 0.15) is 18.1 Å². The molecule has 2 unspecified atom stereocenters. The first-order chi connectivity index (χ1) is 23.4. The van der Waals surface area contributed by atoms with Gasteiger partial charge in [-0.15, -0.1) is 0 Å². The minimum Gasteiger partial charge on any atom is -0.496 e. The highest BCUT2D eigenvalue weighted by molar-refractivity contribution is 7.91. The largest absolute Gasteiger partial charge is 0.496 e. The number of hydrogen-bond donors (Lipinski definition) is 1. The van der Waals surface area contributed by atoms with Gasteiger partial charge in [0.25, 0.3) is 0 Å². The third-order valence-corrected chi connectivity index (χ3v) is 11.7. The van der Waals surface area contributed by atoms with Crippen LogP contribution in [0.25, 0.3) is 32.9 Å². The van der Waals surface area contributed by atoms with Crippen molar-refractivity contribution in [2.24, 2.45) is 19.8 Å². The molecule has 0 bridgehead atoms. The van der Waals surface area contributed by atoms with Crippen molar-refractivity contribution >= 4 is 31.6 Å². The third-order valence-electron chi connectivity index (χ3n) is 9.94. The number of halogens is 1. The van der Waals surface area contributed by atoms with E-state index < -0.39 is 15.3 Å². The fourth-order valence-corrected chi connectivity index (χ4v) is 8.99. The highest BCUT2D eigenvalue weighted by Gasteiger charge is 2.41. The van der Waals surface area contributed by atoms with Gasteiger partial charge in [-0.1, -0.05) is 55.5 Å². The number of likely N-dealkylation sites (N-methyl/N-ethyl adjacent to an activating group) is 1. The van der Waals surface area contributed by atoms with Crippen molar-refractivity contribution in [1.82, 2.24) is 14.0 Å². The molecule has 6 aromatic rings. The Morgan fingerprint density at radius 3 is 2.10 bits per heavy atom. The number of nitrogens with two attached hydrogens (primary N) is 1. The molecule has 256 valence electrons. The van der Waals surface area contributed by atoms with Crippen LogP contribution in [0.5, 0.6) is 11.5 Å². The molecule has 0 aliphatic rings. The van der Waals surface area contributed by atoms with Crippen LogP contribution in [0.3, 0.4) is 0 Å². The zero-order valence-corrected chi connectivity index (χ0v) is 29.8. The number of ether oxygens (including phenoxy) is 2. The van der Waals surface area contributed by atoms with E-state index in [0.717, 1.165) is 22.1 Å². The Hall–Kier alpha value is -4.64. The Morgan fingerprint density at radius 1 is 0.878 bits per heavy atom. The lowest BCUT2D eigenvalue weighted by Gasteiger charge is -2.41. The van der Waals surface area contributed by atoms with Gasteiger partial charge in [0.2, 0.25) is 9.84 Å². The van der Waals surface area contributed by atoms with E-state index in [0.29, 0.717) is 39.9 Å². The van der Waals surface area contributed by atoms with E-state index in [9.17, 15) is 8.42 Å². The average molecular weight is 683 g/mol. The van der Waals surface area contributed by atoms with E-state index >= 15 is 4.39 Å². The van der Waals surface area contributed by atoms with Gasteiger partial charge < -0.3 is 29.2 Å². The van der Waals surface area contributed by atoms with Crippen LogP contribution < -0.4 is 15.2 Å². The van der Waals surface area contributed by atoms with Gasteiger partial charge in [0, 0.05) is 60.8 Å². The molecule has 0 aliphatic heterocycles. The average Bonchev–Trinajstić information content (AvgIpc) is 3.64. The van der Waals surface area contributed by atoms with Crippen LogP contribution in [0.15, 0.2) is 101 Å². The van der Waals surface area contributed by atoms with Gasteiger partial charge >= 0.3 is 0 Å². The number of benzene rings is 4. The molecule has 0 amide bonds. The van der Waals surface area contributed by atoms with Crippen LogP contribution in [-0.2, 0) is 35.8 Å². The Morgan fingerprint density at radius 2 is 1.51 bits per heavy atom. The maximum Gasteiger partial charge on any atom is 0.208 e. The van der Waals surface area contributed by atoms with Crippen molar-refractivity contribution in [3.8, 4) is 22.6 Å². The molecule has 4 aromatic carbocycles. The quantitative estimate of drug-likeness (QED) is 0.163. The van der Waals surface area contributed by atoms with Crippen molar-refractivity contribution < 1.29 is 22.3 Å². The van der Waals surface area contributed by atoms with Gasteiger partial charge in [0.1, 0.15) is 17.3 Å².